The minimum Gasteiger partial charge on any atom is -0.466 e. The molecule has 0 unspecified atom stereocenters. The Kier molecular flexibility index (Phi) is 9.03. The second-order valence-electron chi connectivity index (χ2n) is 8.93. The maximum atomic E-state index is 11.4. The van der Waals surface area contributed by atoms with E-state index < -0.39 is 24.5 Å². The van der Waals surface area contributed by atoms with Crippen molar-refractivity contribution in [3.05, 3.63) is 48.0 Å². The standard InChI is InChI=1S/C25H36O8/c1-25(2)19(14-18-17(32-18)12-13-20(26)27-3)33-22(24(29-5)30-6)21(23(25)28-4)31-15-16-10-8-7-9-11-16/h7-13,17-19,21-24H,14-15H2,1-6H3/b13-12+/t17-,18-,19+,21-,22-,23+/m0/s1. The fraction of sp³-hybridized carbons (Fsp3) is 0.640. The normalized spacial score (nSPS) is 31.1. The summed E-state index contributed by atoms with van der Waals surface area (Å²) < 4.78 is 40.5. The molecule has 0 amide bonds. The van der Waals surface area contributed by atoms with Crippen LogP contribution in [0.3, 0.4) is 0 Å². The fourth-order valence-electron chi connectivity index (χ4n) is 4.52. The van der Waals surface area contributed by atoms with Crippen LogP contribution in [0.25, 0.3) is 0 Å². The van der Waals surface area contributed by atoms with E-state index in [1.165, 1.54) is 13.2 Å². The first-order chi connectivity index (χ1) is 15.8. The molecular formula is C25H36O8. The lowest BCUT2D eigenvalue weighted by molar-refractivity contribution is -0.305. The van der Waals surface area contributed by atoms with Crippen molar-refractivity contribution in [2.45, 2.75) is 69.8 Å². The maximum Gasteiger partial charge on any atom is 0.330 e. The molecule has 2 fully saturated rings. The Morgan fingerprint density at radius 2 is 1.79 bits per heavy atom. The molecule has 33 heavy (non-hydrogen) atoms. The Balaban J connectivity index is 1.76. The van der Waals surface area contributed by atoms with Gasteiger partial charge in [0, 0.05) is 39.2 Å². The summed E-state index contributed by atoms with van der Waals surface area (Å²) >= 11 is 0. The monoisotopic (exact) mass is 464 g/mol. The summed E-state index contributed by atoms with van der Waals surface area (Å²) in [7, 11) is 6.20. The Bertz CT molecular complexity index is 776. The Morgan fingerprint density at radius 3 is 2.39 bits per heavy atom. The lowest BCUT2D eigenvalue weighted by Crippen LogP contribution is -2.63. The topological polar surface area (TPSA) is 85.0 Å². The van der Waals surface area contributed by atoms with Gasteiger partial charge in [-0.15, -0.1) is 0 Å². The second-order valence-corrected chi connectivity index (χ2v) is 8.93. The molecule has 1 aromatic carbocycles. The minimum atomic E-state index is -0.628. The summed E-state index contributed by atoms with van der Waals surface area (Å²) in [6.07, 6.45) is 1.50. The van der Waals surface area contributed by atoms with E-state index in [4.69, 9.17) is 28.4 Å². The first-order valence-corrected chi connectivity index (χ1v) is 11.2. The van der Waals surface area contributed by atoms with Crippen molar-refractivity contribution in [2.75, 3.05) is 28.4 Å². The number of carbonyl (C=O) groups is 1. The van der Waals surface area contributed by atoms with Gasteiger partial charge in [-0.05, 0) is 11.6 Å². The van der Waals surface area contributed by atoms with Crippen molar-refractivity contribution < 1.29 is 38.0 Å². The van der Waals surface area contributed by atoms with Gasteiger partial charge < -0.3 is 33.2 Å². The molecule has 0 aromatic heterocycles. The van der Waals surface area contributed by atoms with Gasteiger partial charge in [-0.2, -0.15) is 0 Å². The van der Waals surface area contributed by atoms with Crippen LogP contribution < -0.4 is 0 Å². The summed E-state index contributed by atoms with van der Waals surface area (Å²) in [6, 6.07) is 9.97. The van der Waals surface area contributed by atoms with Crippen LogP contribution in [0.4, 0.5) is 0 Å². The number of ether oxygens (including phenoxy) is 7. The molecule has 0 bridgehead atoms. The summed E-state index contributed by atoms with van der Waals surface area (Å²) in [5, 5.41) is 0. The molecule has 2 aliphatic heterocycles. The second kappa shape index (κ2) is 11.6. The van der Waals surface area contributed by atoms with Crippen LogP contribution in [0, 0.1) is 5.41 Å². The van der Waals surface area contributed by atoms with E-state index in [1.54, 1.807) is 27.4 Å². The Labute approximate surface area is 196 Å². The first kappa shape index (κ1) is 25.8. The molecule has 8 nitrogen and oxygen atoms in total. The molecule has 6 atom stereocenters. The SMILES string of the molecule is COC(=O)/C=C/[C@@H]1O[C@H]1C[C@H]1O[C@H](C(OC)OC)[C@H](OCc2ccccc2)[C@@H](OC)C1(C)C. The number of hydrogen-bond donors (Lipinski definition) is 0. The van der Waals surface area contributed by atoms with E-state index in [9.17, 15) is 4.79 Å². The van der Waals surface area contributed by atoms with E-state index in [-0.39, 0.29) is 29.8 Å². The van der Waals surface area contributed by atoms with Crippen LogP contribution >= 0.6 is 0 Å². The molecule has 2 saturated heterocycles. The molecule has 0 spiro atoms. The van der Waals surface area contributed by atoms with E-state index >= 15 is 0 Å². The molecule has 2 aliphatic rings. The third kappa shape index (κ3) is 6.20. The molecule has 1 aromatic rings. The highest BCUT2D eigenvalue weighted by atomic mass is 16.7. The zero-order valence-corrected chi connectivity index (χ0v) is 20.3. The van der Waals surface area contributed by atoms with Gasteiger partial charge in [-0.1, -0.05) is 44.2 Å². The lowest BCUT2D eigenvalue weighted by atomic mass is 9.72. The molecule has 0 N–H and O–H groups in total. The highest BCUT2D eigenvalue weighted by molar-refractivity contribution is 5.81. The van der Waals surface area contributed by atoms with Crippen molar-refractivity contribution >= 4 is 5.97 Å². The molecule has 8 heteroatoms. The molecule has 2 heterocycles. The summed E-state index contributed by atoms with van der Waals surface area (Å²) in [5.41, 5.74) is 0.672. The lowest BCUT2D eigenvalue weighted by Gasteiger charge is -2.52. The van der Waals surface area contributed by atoms with Gasteiger partial charge >= 0.3 is 5.97 Å². The van der Waals surface area contributed by atoms with E-state index in [2.05, 4.69) is 18.6 Å². The predicted octanol–water partition coefficient (Wildman–Crippen LogP) is 2.89. The Morgan fingerprint density at radius 1 is 1.09 bits per heavy atom. The summed E-state index contributed by atoms with van der Waals surface area (Å²) in [5.74, 6) is -0.403. The van der Waals surface area contributed by atoms with E-state index in [1.807, 2.05) is 30.3 Å². The third-order valence-corrected chi connectivity index (χ3v) is 6.47. The number of rotatable bonds is 11. The van der Waals surface area contributed by atoms with Gasteiger partial charge in [0.1, 0.15) is 18.3 Å². The Hall–Kier alpha value is -1.81. The largest absolute Gasteiger partial charge is 0.466 e. The smallest absolute Gasteiger partial charge is 0.330 e. The maximum absolute atomic E-state index is 11.4. The number of benzene rings is 1. The van der Waals surface area contributed by atoms with Gasteiger partial charge in [0.2, 0.25) is 0 Å². The summed E-state index contributed by atoms with van der Waals surface area (Å²) in [6.45, 7) is 4.63. The van der Waals surface area contributed by atoms with Crippen LogP contribution in [-0.2, 0) is 44.6 Å². The number of methoxy groups -OCH3 is 4. The quantitative estimate of drug-likeness (QED) is 0.214. The molecule has 3 rings (SSSR count). The van der Waals surface area contributed by atoms with Crippen LogP contribution in [0.2, 0.25) is 0 Å². The van der Waals surface area contributed by atoms with Crippen LogP contribution in [0.5, 0.6) is 0 Å². The summed E-state index contributed by atoms with van der Waals surface area (Å²) in [4.78, 5) is 11.4. The number of hydrogen-bond acceptors (Lipinski definition) is 8. The van der Waals surface area contributed by atoms with Gasteiger partial charge in [-0.25, -0.2) is 4.79 Å². The first-order valence-electron chi connectivity index (χ1n) is 11.2. The fourth-order valence-corrected chi connectivity index (χ4v) is 4.52. The average molecular weight is 465 g/mol. The van der Waals surface area contributed by atoms with Gasteiger partial charge in [-0.3, -0.25) is 0 Å². The molecule has 184 valence electrons. The van der Waals surface area contributed by atoms with E-state index in [0.717, 1.165) is 5.56 Å². The van der Waals surface area contributed by atoms with Crippen LogP contribution in [0.1, 0.15) is 25.8 Å². The highest BCUT2D eigenvalue weighted by Gasteiger charge is 2.56. The van der Waals surface area contributed by atoms with Gasteiger partial charge in [0.25, 0.3) is 0 Å². The molecular weight excluding hydrogens is 428 g/mol. The van der Waals surface area contributed by atoms with Crippen molar-refractivity contribution in [1.29, 1.82) is 0 Å². The van der Waals surface area contributed by atoms with E-state index in [0.29, 0.717) is 13.0 Å². The van der Waals surface area contributed by atoms with Crippen molar-refractivity contribution in [1.82, 2.24) is 0 Å². The molecule has 0 saturated carbocycles. The average Bonchev–Trinajstić information content (AvgIpc) is 3.57. The number of epoxide rings is 1. The number of carbonyl (C=O) groups excluding carboxylic acids is 1. The minimum absolute atomic E-state index is 0.0568. The number of esters is 1. The van der Waals surface area contributed by atoms with Crippen molar-refractivity contribution in [2.24, 2.45) is 5.41 Å². The zero-order valence-electron chi connectivity index (χ0n) is 20.3. The highest BCUT2D eigenvalue weighted by Crippen LogP contribution is 2.45. The zero-order chi connectivity index (χ0) is 24.0. The molecule has 0 aliphatic carbocycles. The third-order valence-electron chi connectivity index (χ3n) is 6.47. The van der Waals surface area contributed by atoms with Crippen LogP contribution in [-0.4, -0.2) is 77.3 Å². The van der Waals surface area contributed by atoms with Crippen molar-refractivity contribution in [3.8, 4) is 0 Å². The van der Waals surface area contributed by atoms with Crippen LogP contribution in [0.15, 0.2) is 42.5 Å². The van der Waals surface area contributed by atoms with Gasteiger partial charge in [0.05, 0.1) is 32.0 Å². The molecule has 0 radical (unpaired) electrons. The predicted molar refractivity (Wildman–Crippen MR) is 120 cm³/mol. The van der Waals surface area contributed by atoms with Crippen molar-refractivity contribution in [3.63, 3.8) is 0 Å². The van der Waals surface area contributed by atoms with Gasteiger partial charge in [0.15, 0.2) is 6.29 Å².